The molecule has 1 N–H and O–H groups in total. The zero-order valence-electron chi connectivity index (χ0n) is 16.5. The van der Waals surface area contributed by atoms with Crippen molar-refractivity contribution in [1.82, 2.24) is 20.0 Å². The second-order valence-corrected chi connectivity index (χ2v) is 7.54. The smallest absolute Gasteiger partial charge is 0.238 e. The van der Waals surface area contributed by atoms with Gasteiger partial charge in [-0.1, -0.05) is 24.3 Å². The molecule has 2 aromatic heterocycles. The average Bonchev–Trinajstić information content (AvgIpc) is 3.39. The number of nitrogens with one attached hydrogen (secondary N) is 1. The van der Waals surface area contributed by atoms with Crippen LogP contribution in [0.4, 0.5) is 0 Å². The number of amidine groups is 1. The Morgan fingerprint density at radius 3 is 2.62 bits per heavy atom. The number of nitrogens with zero attached hydrogens (tertiary/aromatic N) is 4. The van der Waals surface area contributed by atoms with Gasteiger partial charge in [0.25, 0.3) is 0 Å². The maximum atomic E-state index is 5.68. The van der Waals surface area contributed by atoms with Crippen LogP contribution in [0.1, 0.15) is 22.5 Å². The van der Waals surface area contributed by atoms with E-state index in [2.05, 4.69) is 39.7 Å². The highest BCUT2D eigenvalue weighted by atomic mass is 16.6. The fourth-order valence-corrected chi connectivity index (χ4v) is 4.11. The molecule has 1 atom stereocenters. The number of benzene rings is 1. The van der Waals surface area contributed by atoms with Crippen molar-refractivity contribution in [2.75, 3.05) is 13.7 Å². The summed E-state index contributed by atoms with van der Waals surface area (Å²) in [5, 5.41) is 0. The first-order chi connectivity index (χ1) is 14.2. The van der Waals surface area contributed by atoms with Crippen LogP contribution in [0.5, 0.6) is 5.88 Å². The standard InChI is InChI=1S/C22H23N5O2/c1-14-11-27(13-23-14)20-8-7-18(25-22(20)28-2)21-24-19(12-29-26-21)17-9-15-5-3-4-6-16(15)10-17/h3-8,11,13,17,19H,9-10,12H2,1-2H3,(H,24,26). The molecule has 1 aliphatic carbocycles. The van der Waals surface area contributed by atoms with Crippen LogP contribution in [0.2, 0.25) is 0 Å². The summed E-state index contributed by atoms with van der Waals surface area (Å²) in [6, 6.07) is 12.6. The third-order valence-corrected chi connectivity index (χ3v) is 5.61. The largest absolute Gasteiger partial charge is 0.479 e. The number of hydroxylamine groups is 1. The number of ether oxygens (including phenoxy) is 1. The molecular weight excluding hydrogens is 366 g/mol. The van der Waals surface area contributed by atoms with Crippen LogP contribution in [0.25, 0.3) is 5.69 Å². The molecule has 0 amide bonds. The van der Waals surface area contributed by atoms with Crippen molar-refractivity contribution in [3.8, 4) is 11.6 Å². The van der Waals surface area contributed by atoms with Crippen molar-refractivity contribution in [2.45, 2.75) is 25.8 Å². The van der Waals surface area contributed by atoms with Gasteiger partial charge in [-0.3, -0.25) is 9.83 Å². The molecule has 1 unspecified atom stereocenters. The molecule has 148 valence electrons. The van der Waals surface area contributed by atoms with E-state index in [1.807, 2.05) is 29.8 Å². The van der Waals surface area contributed by atoms with Crippen molar-refractivity contribution in [3.05, 3.63) is 71.4 Å². The molecule has 0 spiro atoms. The maximum Gasteiger partial charge on any atom is 0.238 e. The lowest BCUT2D eigenvalue weighted by atomic mass is 9.97. The summed E-state index contributed by atoms with van der Waals surface area (Å²) >= 11 is 0. The summed E-state index contributed by atoms with van der Waals surface area (Å²) in [5.41, 5.74) is 8.25. The molecule has 0 saturated heterocycles. The Kier molecular flexibility index (Phi) is 4.52. The topological polar surface area (TPSA) is 73.6 Å². The average molecular weight is 389 g/mol. The molecule has 7 nitrogen and oxygen atoms in total. The van der Waals surface area contributed by atoms with E-state index in [0.717, 1.165) is 24.2 Å². The van der Waals surface area contributed by atoms with Gasteiger partial charge >= 0.3 is 0 Å². The first kappa shape index (κ1) is 17.9. The molecule has 3 aromatic rings. The Hall–Kier alpha value is -3.19. The molecule has 0 bridgehead atoms. The Morgan fingerprint density at radius 1 is 1.14 bits per heavy atom. The number of aryl methyl sites for hydroxylation is 1. The number of hydrogen-bond donors (Lipinski definition) is 1. The summed E-state index contributed by atoms with van der Waals surface area (Å²) in [6.07, 6.45) is 5.77. The summed E-state index contributed by atoms with van der Waals surface area (Å²) in [7, 11) is 1.62. The molecule has 0 saturated carbocycles. The van der Waals surface area contributed by atoms with Crippen molar-refractivity contribution in [1.29, 1.82) is 0 Å². The maximum absolute atomic E-state index is 5.68. The molecular formula is C22H23N5O2. The van der Waals surface area contributed by atoms with E-state index in [-0.39, 0.29) is 6.04 Å². The lowest BCUT2D eigenvalue weighted by Gasteiger charge is -2.26. The Bertz CT molecular complexity index is 1050. The highest BCUT2D eigenvalue weighted by molar-refractivity contribution is 5.97. The number of methoxy groups -OCH3 is 1. The number of aromatic nitrogens is 3. The first-order valence-corrected chi connectivity index (χ1v) is 9.80. The lowest BCUT2D eigenvalue weighted by Crippen LogP contribution is -2.39. The van der Waals surface area contributed by atoms with E-state index < -0.39 is 0 Å². The van der Waals surface area contributed by atoms with Gasteiger partial charge in [0.05, 0.1) is 31.8 Å². The predicted octanol–water partition coefficient (Wildman–Crippen LogP) is 2.65. The van der Waals surface area contributed by atoms with E-state index in [1.165, 1.54) is 11.1 Å². The normalized spacial score (nSPS) is 18.8. The summed E-state index contributed by atoms with van der Waals surface area (Å²) in [4.78, 5) is 19.5. The zero-order chi connectivity index (χ0) is 19.8. The summed E-state index contributed by atoms with van der Waals surface area (Å²) in [6.45, 7) is 2.51. The molecule has 5 rings (SSSR count). The predicted molar refractivity (Wildman–Crippen MR) is 109 cm³/mol. The second kappa shape index (κ2) is 7.33. The van der Waals surface area contributed by atoms with Gasteiger partial charge < -0.3 is 9.30 Å². The van der Waals surface area contributed by atoms with Crippen LogP contribution in [-0.2, 0) is 17.7 Å². The fourth-order valence-electron chi connectivity index (χ4n) is 4.11. The third-order valence-electron chi connectivity index (χ3n) is 5.61. The van der Waals surface area contributed by atoms with Crippen molar-refractivity contribution in [3.63, 3.8) is 0 Å². The van der Waals surface area contributed by atoms with Crippen LogP contribution in [-0.4, -0.2) is 40.1 Å². The van der Waals surface area contributed by atoms with Crippen LogP contribution in [0.15, 0.2) is 53.9 Å². The summed E-state index contributed by atoms with van der Waals surface area (Å²) in [5.74, 6) is 1.60. The molecule has 0 fully saturated rings. The number of rotatable bonds is 4. The third kappa shape index (κ3) is 3.38. The minimum absolute atomic E-state index is 0.0995. The lowest BCUT2D eigenvalue weighted by molar-refractivity contribution is 0.0502. The quantitative estimate of drug-likeness (QED) is 0.743. The van der Waals surface area contributed by atoms with Gasteiger partial charge in [-0.15, -0.1) is 0 Å². The van der Waals surface area contributed by atoms with Crippen LogP contribution in [0, 0.1) is 12.8 Å². The van der Waals surface area contributed by atoms with Crippen LogP contribution < -0.4 is 10.2 Å². The minimum atomic E-state index is 0.0995. The number of aliphatic imine (C=N–C) groups is 1. The van der Waals surface area contributed by atoms with Gasteiger partial charge in [0.15, 0.2) is 5.84 Å². The van der Waals surface area contributed by atoms with Crippen molar-refractivity contribution < 1.29 is 9.57 Å². The Labute approximate surface area is 169 Å². The molecule has 29 heavy (non-hydrogen) atoms. The molecule has 3 heterocycles. The number of imidazole rings is 1. The van der Waals surface area contributed by atoms with Gasteiger partial charge in [-0.25, -0.2) is 15.4 Å². The molecule has 7 heteroatoms. The second-order valence-electron chi connectivity index (χ2n) is 7.54. The van der Waals surface area contributed by atoms with E-state index in [9.17, 15) is 0 Å². The number of pyridine rings is 1. The van der Waals surface area contributed by atoms with Crippen molar-refractivity contribution >= 4 is 5.84 Å². The fraction of sp³-hybridized carbons (Fsp3) is 0.318. The number of fused-ring (bicyclic) bond motifs is 1. The van der Waals surface area contributed by atoms with E-state index in [0.29, 0.717) is 29.9 Å². The van der Waals surface area contributed by atoms with E-state index >= 15 is 0 Å². The molecule has 1 aliphatic heterocycles. The highest BCUT2D eigenvalue weighted by Crippen LogP contribution is 2.31. The van der Waals surface area contributed by atoms with Crippen LogP contribution in [0.3, 0.4) is 0 Å². The Balaban J connectivity index is 1.41. The van der Waals surface area contributed by atoms with Gasteiger partial charge in [0, 0.05) is 6.20 Å². The monoisotopic (exact) mass is 389 g/mol. The van der Waals surface area contributed by atoms with Gasteiger partial charge in [-0.05, 0) is 48.9 Å². The van der Waals surface area contributed by atoms with E-state index in [4.69, 9.17) is 14.6 Å². The number of hydrogen-bond acceptors (Lipinski definition) is 6. The molecule has 2 aliphatic rings. The van der Waals surface area contributed by atoms with Crippen molar-refractivity contribution in [2.24, 2.45) is 10.9 Å². The first-order valence-electron chi connectivity index (χ1n) is 9.80. The van der Waals surface area contributed by atoms with Gasteiger partial charge in [0.2, 0.25) is 5.88 Å². The SMILES string of the molecule is COc1nc(C2=NC(C3Cc4ccccc4C3)CON2)ccc1-n1cnc(C)c1. The Morgan fingerprint density at radius 2 is 1.93 bits per heavy atom. The summed E-state index contributed by atoms with van der Waals surface area (Å²) < 4.78 is 7.43. The highest BCUT2D eigenvalue weighted by Gasteiger charge is 2.31. The zero-order valence-corrected chi connectivity index (χ0v) is 16.5. The minimum Gasteiger partial charge on any atom is -0.479 e. The molecule has 0 radical (unpaired) electrons. The van der Waals surface area contributed by atoms with E-state index in [1.54, 1.807) is 13.4 Å². The van der Waals surface area contributed by atoms with Crippen LogP contribution >= 0.6 is 0 Å². The molecule has 1 aromatic carbocycles. The van der Waals surface area contributed by atoms with Gasteiger partial charge in [-0.2, -0.15) is 0 Å². The van der Waals surface area contributed by atoms with Gasteiger partial charge in [0.1, 0.15) is 11.4 Å².